The summed E-state index contributed by atoms with van der Waals surface area (Å²) in [6.07, 6.45) is 0. The molecule has 0 spiro atoms. The van der Waals surface area contributed by atoms with Gasteiger partial charge in [0.05, 0.1) is 0 Å². The predicted molar refractivity (Wildman–Crippen MR) is 47.9 cm³/mol. The fraction of sp³-hybridized carbons (Fsp3) is 0. The average Bonchev–Trinajstić information content (AvgIpc) is 1.41. The van der Waals surface area contributed by atoms with Gasteiger partial charge < -0.3 is 72.1 Å². The first-order chi connectivity index (χ1) is 6.00. The minimum absolute atomic E-state index is 0. The normalized spacial score (nSPS) is 10.0. The largest absolute Gasteiger partial charge is 3.00 e. The zero-order valence-corrected chi connectivity index (χ0v) is 14.0. The molecule has 0 aromatic carbocycles. The minimum atomic E-state index is -5.61. The van der Waals surface area contributed by atoms with Gasteiger partial charge in [0.25, 0.3) is 0 Å². The zero-order chi connectivity index (χ0) is 13.5. The van der Waals surface area contributed by atoms with Gasteiger partial charge in [0.15, 0.2) is 0 Å². The maximum atomic E-state index is 8.91. The molecular formula is H9AlMgO13Si3. The third-order valence-electron chi connectivity index (χ3n) is 0. The predicted octanol–water partition coefficient (Wildman–Crippen LogP) is -12.6. The van der Waals surface area contributed by atoms with Gasteiger partial charge in [-0.25, -0.2) is 0 Å². The monoisotopic (exact) mass is 352 g/mol. The Morgan fingerprint density at radius 2 is 0.611 bits per heavy atom. The van der Waals surface area contributed by atoms with E-state index in [2.05, 4.69) is 0 Å². The van der Waals surface area contributed by atoms with Crippen LogP contribution >= 0.6 is 0 Å². The van der Waals surface area contributed by atoms with Crippen LogP contribution in [0.2, 0.25) is 0 Å². The summed E-state index contributed by atoms with van der Waals surface area (Å²) in [6.45, 7) is 0. The molecule has 0 bridgehead atoms. The second kappa shape index (κ2) is 14.8. The van der Waals surface area contributed by atoms with Crippen molar-refractivity contribution in [3.8, 4) is 0 Å². The standard InChI is InChI=1S/Al.Mg.H4O4Si.H3O4Si.O4Si.H2O/c;;3*1-5(2,3)4;/h;;1-4H;1-3H;;1H2/q+3;+2;;-1;-4;. The molecule has 0 aromatic rings. The summed E-state index contributed by atoms with van der Waals surface area (Å²) in [6, 6.07) is 0. The molecule has 0 aliphatic rings. The van der Waals surface area contributed by atoms with Gasteiger partial charge in [-0.2, -0.15) is 0 Å². The van der Waals surface area contributed by atoms with E-state index in [1.165, 1.54) is 0 Å². The summed E-state index contributed by atoms with van der Waals surface area (Å²) in [7, 11) is -15.1. The average molecular weight is 353 g/mol. The van der Waals surface area contributed by atoms with Gasteiger partial charge >= 0.3 is 58.5 Å². The Morgan fingerprint density at radius 3 is 0.611 bits per heavy atom. The van der Waals surface area contributed by atoms with Gasteiger partial charge in [0.2, 0.25) is 0 Å². The van der Waals surface area contributed by atoms with Crippen LogP contribution in [-0.2, 0) is 0 Å². The molecule has 0 unspecified atom stereocenters. The van der Waals surface area contributed by atoms with Gasteiger partial charge in [0.1, 0.15) is 0 Å². The molecule has 18 heteroatoms. The first kappa shape index (κ1) is 36.6. The Bertz CT molecular complexity index is 97.3. The molecule has 18 heavy (non-hydrogen) atoms. The second-order valence-corrected chi connectivity index (χ2v) is 5.02. The molecule has 0 atom stereocenters. The van der Waals surface area contributed by atoms with E-state index in [1.807, 2.05) is 0 Å². The van der Waals surface area contributed by atoms with Crippen LogP contribution in [0.15, 0.2) is 0 Å². The molecule has 0 amide bonds. The van der Waals surface area contributed by atoms with E-state index in [0.717, 1.165) is 0 Å². The Balaban J connectivity index is -0.0000000277. The van der Waals surface area contributed by atoms with Crippen molar-refractivity contribution in [2.75, 3.05) is 0 Å². The van der Waals surface area contributed by atoms with E-state index in [9.17, 15) is 0 Å². The van der Waals surface area contributed by atoms with E-state index >= 15 is 0 Å². The van der Waals surface area contributed by atoms with Crippen molar-refractivity contribution in [3.63, 3.8) is 0 Å². The van der Waals surface area contributed by atoms with Crippen LogP contribution in [0.25, 0.3) is 0 Å². The molecular weight excluding hydrogens is 344 g/mol. The van der Waals surface area contributed by atoms with Crippen LogP contribution in [0, 0.1) is 0 Å². The summed E-state index contributed by atoms with van der Waals surface area (Å²) in [5.74, 6) is 0. The zero-order valence-electron chi connectivity index (χ0n) is 8.46. The molecule has 0 heterocycles. The first-order valence-corrected chi connectivity index (χ1v) is 7.76. The van der Waals surface area contributed by atoms with Gasteiger partial charge in [-0.1, -0.05) is 0 Å². The van der Waals surface area contributed by atoms with Crippen LogP contribution in [0.3, 0.4) is 0 Å². The van der Waals surface area contributed by atoms with Crippen molar-refractivity contribution in [2.24, 2.45) is 0 Å². The maximum Gasteiger partial charge on any atom is 3.00 e. The summed E-state index contributed by atoms with van der Waals surface area (Å²) < 4.78 is 0. The van der Waals surface area contributed by atoms with Crippen molar-refractivity contribution >= 4 is 67.6 Å². The minimum Gasteiger partial charge on any atom is -0.894 e. The smallest absolute Gasteiger partial charge is 0.894 e. The first-order valence-electron chi connectivity index (χ1n) is 2.59. The third-order valence-corrected chi connectivity index (χ3v) is 0. The number of hydrogen-bond acceptors (Lipinski definition) is 12. The number of hydrogen-bond donors (Lipinski definition) is 7. The van der Waals surface area contributed by atoms with E-state index in [1.54, 1.807) is 0 Å². The molecule has 0 aromatic heterocycles. The van der Waals surface area contributed by atoms with E-state index < -0.39 is 27.1 Å². The Morgan fingerprint density at radius 1 is 0.611 bits per heavy atom. The Kier molecular flexibility index (Phi) is 30.1. The van der Waals surface area contributed by atoms with Crippen molar-refractivity contribution < 1.29 is 63.0 Å². The maximum absolute atomic E-state index is 8.91. The topological polar surface area (TPSA) is 288 Å². The molecule has 0 fully saturated rings. The molecule has 0 rings (SSSR count). The summed E-state index contributed by atoms with van der Waals surface area (Å²) in [5.41, 5.74) is 0. The molecule has 0 aliphatic carbocycles. The van der Waals surface area contributed by atoms with E-state index in [-0.39, 0.29) is 45.9 Å². The van der Waals surface area contributed by atoms with Gasteiger partial charge in [-0.15, -0.1) is 0 Å². The fourth-order valence-corrected chi connectivity index (χ4v) is 0. The molecule has 0 saturated heterocycles. The second-order valence-electron chi connectivity index (χ2n) is 1.67. The quantitative estimate of drug-likeness (QED) is 0.200. The van der Waals surface area contributed by atoms with E-state index in [0.29, 0.717) is 0 Å². The SMILES string of the molecule is O.O[Si](O)(O)O.[Al+3].[Mg+2].[O-][Si](O)(O)O.[O-][Si]([O-])([O-])[O-]. The van der Waals surface area contributed by atoms with Crippen LogP contribution < -0.4 is 24.0 Å². The van der Waals surface area contributed by atoms with Crippen LogP contribution in [0.4, 0.5) is 0 Å². The van der Waals surface area contributed by atoms with Crippen molar-refractivity contribution in [1.29, 1.82) is 0 Å². The van der Waals surface area contributed by atoms with Crippen molar-refractivity contribution in [3.05, 3.63) is 0 Å². The Labute approximate surface area is 130 Å². The van der Waals surface area contributed by atoms with Gasteiger partial charge in [-0.05, 0) is 0 Å². The Hall–Kier alpha value is 1.43. The van der Waals surface area contributed by atoms with E-state index in [4.69, 9.17) is 57.5 Å². The molecule has 13 nitrogen and oxygen atoms in total. The van der Waals surface area contributed by atoms with Crippen LogP contribution in [0.5, 0.6) is 0 Å². The third kappa shape index (κ3) is 2300. The molecule has 9 N–H and O–H groups in total. The number of rotatable bonds is 0. The molecule has 0 aliphatic heterocycles. The summed E-state index contributed by atoms with van der Waals surface area (Å²) in [5, 5.41) is 0. The molecule has 104 valence electrons. The molecule has 0 radical (unpaired) electrons. The fourth-order valence-electron chi connectivity index (χ4n) is 0. The van der Waals surface area contributed by atoms with Crippen molar-refractivity contribution in [2.45, 2.75) is 0 Å². The van der Waals surface area contributed by atoms with Gasteiger partial charge in [-0.3, -0.25) is 0 Å². The van der Waals surface area contributed by atoms with Crippen LogP contribution in [-0.4, -0.2) is 107 Å². The molecule has 0 saturated carbocycles. The summed E-state index contributed by atoms with van der Waals surface area (Å²) in [4.78, 5) is 94.2. The van der Waals surface area contributed by atoms with Crippen molar-refractivity contribution in [1.82, 2.24) is 0 Å². The van der Waals surface area contributed by atoms with Crippen LogP contribution in [0.1, 0.15) is 0 Å². The summed E-state index contributed by atoms with van der Waals surface area (Å²) >= 11 is 0. The van der Waals surface area contributed by atoms with Gasteiger partial charge in [0, 0.05) is 0 Å².